The zero-order chi connectivity index (χ0) is 15.6. The molecule has 0 atom stereocenters. The van der Waals surface area contributed by atoms with Crippen LogP contribution in [0.5, 0.6) is 0 Å². The van der Waals surface area contributed by atoms with Gasteiger partial charge < -0.3 is 10.1 Å². The third kappa shape index (κ3) is 3.36. The standard InChI is InChI=1S/C14H15FN2O4/c1-14(2)12(19)17(13(20)16-14)7-11(18)21-8-9-4-3-5-10(15)6-9/h3-6H,7-8H2,1-2H3,(H,16,20). The van der Waals surface area contributed by atoms with Crippen molar-refractivity contribution >= 4 is 17.9 Å². The van der Waals surface area contributed by atoms with Gasteiger partial charge in [-0.2, -0.15) is 0 Å². The van der Waals surface area contributed by atoms with Gasteiger partial charge in [-0.05, 0) is 31.5 Å². The molecule has 1 aromatic rings. The number of urea groups is 1. The van der Waals surface area contributed by atoms with Gasteiger partial charge in [-0.1, -0.05) is 12.1 Å². The van der Waals surface area contributed by atoms with Crippen LogP contribution in [0.2, 0.25) is 0 Å². The van der Waals surface area contributed by atoms with Crippen molar-refractivity contribution in [2.45, 2.75) is 26.0 Å². The smallest absolute Gasteiger partial charge is 0.326 e. The fourth-order valence-corrected chi connectivity index (χ4v) is 1.93. The summed E-state index contributed by atoms with van der Waals surface area (Å²) in [5.74, 6) is -1.66. The lowest BCUT2D eigenvalue weighted by molar-refractivity contribution is -0.148. The number of imide groups is 1. The van der Waals surface area contributed by atoms with E-state index < -0.39 is 35.8 Å². The summed E-state index contributed by atoms with van der Waals surface area (Å²) in [6.07, 6.45) is 0. The summed E-state index contributed by atoms with van der Waals surface area (Å²) in [6, 6.07) is 4.99. The first kappa shape index (κ1) is 15.0. The molecule has 3 amide bonds. The lowest BCUT2D eigenvalue weighted by Gasteiger charge is -2.15. The maximum Gasteiger partial charge on any atom is 0.326 e. The molecule has 1 fully saturated rings. The molecule has 0 radical (unpaired) electrons. The summed E-state index contributed by atoms with van der Waals surface area (Å²) >= 11 is 0. The van der Waals surface area contributed by atoms with E-state index in [1.807, 2.05) is 0 Å². The molecule has 0 aromatic heterocycles. The molecule has 2 rings (SSSR count). The van der Waals surface area contributed by atoms with Crippen LogP contribution >= 0.6 is 0 Å². The monoisotopic (exact) mass is 294 g/mol. The quantitative estimate of drug-likeness (QED) is 0.669. The van der Waals surface area contributed by atoms with E-state index in [1.54, 1.807) is 19.9 Å². The number of carbonyl (C=O) groups is 3. The number of hydrogen-bond acceptors (Lipinski definition) is 4. The van der Waals surface area contributed by atoms with Crippen LogP contribution in [-0.4, -0.2) is 34.9 Å². The number of esters is 1. The van der Waals surface area contributed by atoms with Gasteiger partial charge in [-0.3, -0.25) is 14.5 Å². The Kier molecular flexibility index (Phi) is 3.93. The third-order valence-electron chi connectivity index (χ3n) is 3.02. The van der Waals surface area contributed by atoms with Crippen LogP contribution in [0.4, 0.5) is 9.18 Å². The van der Waals surface area contributed by atoms with Gasteiger partial charge >= 0.3 is 12.0 Å². The Morgan fingerprint density at radius 2 is 2.10 bits per heavy atom. The van der Waals surface area contributed by atoms with Crippen LogP contribution in [-0.2, 0) is 20.9 Å². The molecular formula is C14H15FN2O4. The fourth-order valence-electron chi connectivity index (χ4n) is 1.93. The molecule has 0 unspecified atom stereocenters. The van der Waals surface area contributed by atoms with Crippen molar-refractivity contribution in [3.63, 3.8) is 0 Å². The average molecular weight is 294 g/mol. The molecule has 6 nitrogen and oxygen atoms in total. The first-order valence-electron chi connectivity index (χ1n) is 6.34. The minimum atomic E-state index is -1.03. The van der Waals surface area contributed by atoms with Crippen molar-refractivity contribution in [2.24, 2.45) is 0 Å². The number of nitrogens with one attached hydrogen (secondary N) is 1. The SMILES string of the molecule is CC1(C)NC(=O)N(CC(=O)OCc2cccc(F)c2)C1=O. The molecule has 0 aliphatic carbocycles. The highest BCUT2D eigenvalue weighted by molar-refractivity contribution is 6.08. The molecule has 21 heavy (non-hydrogen) atoms. The maximum absolute atomic E-state index is 13.0. The number of rotatable bonds is 4. The molecule has 0 saturated carbocycles. The molecule has 1 N–H and O–H groups in total. The Bertz CT molecular complexity index is 600. The number of nitrogens with zero attached hydrogens (tertiary/aromatic N) is 1. The lowest BCUT2D eigenvalue weighted by atomic mass is 10.1. The first-order chi connectivity index (χ1) is 9.79. The van der Waals surface area contributed by atoms with Crippen LogP contribution in [0, 0.1) is 5.82 Å². The van der Waals surface area contributed by atoms with Crippen molar-refractivity contribution in [1.82, 2.24) is 10.2 Å². The Morgan fingerprint density at radius 1 is 1.38 bits per heavy atom. The van der Waals surface area contributed by atoms with Crippen LogP contribution in [0.3, 0.4) is 0 Å². The van der Waals surface area contributed by atoms with Crippen LogP contribution in [0.15, 0.2) is 24.3 Å². The molecule has 1 aliphatic heterocycles. The van der Waals surface area contributed by atoms with Gasteiger partial charge in [0, 0.05) is 0 Å². The van der Waals surface area contributed by atoms with Gasteiger partial charge in [0.05, 0.1) is 0 Å². The van der Waals surface area contributed by atoms with E-state index in [2.05, 4.69) is 5.32 Å². The molecular weight excluding hydrogens is 279 g/mol. The molecule has 0 bridgehead atoms. The molecule has 7 heteroatoms. The highest BCUT2D eigenvalue weighted by Crippen LogP contribution is 2.16. The van der Waals surface area contributed by atoms with Crippen LogP contribution in [0.25, 0.3) is 0 Å². The molecule has 1 aliphatic rings. The summed E-state index contributed by atoms with van der Waals surface area (Å²) in [4.78, 5) is 35.9. The van der Waals surface area contributed by atoms with Crippen molar-refractivity contribution < 1.29 is 23.5 Å². The number of halogens is 1. The Balaban J connectivity index is 1.91. The van der Waals surface area contributed by atoms with E-state index in [0.29, 0.717) is 5.56 Å². The van der Waals surface area contributed by atoms with Gasteiger partial charge in [0.2, 0.25) is 0 Å². The Labute approximate surface area is 120 Å². The molecule has 1 aromatic carbocycles. The Hall–Kier alpha value is -2.44. The number of ether oxygens (including phenoxy) is 1. The second kappa shape index (κ2) is 5.51. The van der Waals surface area contributed by atoms with Gasteiger partial charge in [0.1, 0.15) is 24.5 Å². The zero-order valence-corrected chi connectivity index (χ0v) is 11.7. The molecule has 1 saturated heterocycles. The zero-order valence-electron chi connectivity index (χ0n) is 11.7. The number of amides is 3. The van der Waals surface area contributed by atoms with E-state index in [9.17, 15) is 18.8 Å². The highest BCUT2D eigenvalue weighted by atomic mass is 19.1. The normalized spacial score (nSPS) is 16.8. The summed E-state index contributed by atoms with van der Waals surface area (Å²) < 4.78 is 17.9. The predicted molar refractivity (Wildman–Crippen MR) is 70.5 cm³/mol. The number of hydrogen-bond donors (Lipinski definition) is 1. The van der Waals surface area contributed by atoms with Crippen molar-refractivity contribution in [1.29, 1.82) is 0 Å². The van der Waals surface area contributed by atoms with Gasteiger partial charge in [0.25, 0.3) is 5.91 Å². The second-order valence-corrected chi connectivity index (χ2v) is 5.24. The van der Waals surface area contributed by atoms with Crippen LogP contribution in [0.1, 0.15) is 19.4 Å². The van der Waals surface area contributed by atoms with E-state index in [4.69, 9.17) is 4.74 Å². The largest absolute Gasteiger partial charge is 0.459 e. The van der Waals surface area contributed by atoms with Crippen LogP contribution < -0.4 is 5.32 Å². The van der Waals surface area contributed by atoms with E-state index >= 15 is 0 Å². The van der Waals surface area contributed by atoms with Crippen molar-refractivity contribution in [3.8, 4) is 0 Å². The maximum atomic E-state index is 13.0. The first-order valence-corrected chi connectivity index (χ1v) is 6.34. The topological polar surface area (TPSA) is 75.7 Å². The minimum Gasteiger partial charge on any atom is -0.459 e. The number of benzene rings is 1. The fraction of sp³-hybridized carbons (Fsp3) is 0.357. The third-order valence-corrected chi connectivity index (χ3v) is 3.02. The van der Waals surface area contributed by atoms with Crippen molar-refractivity contribution in [2.75, 3.05) is 6.54 Å². The Morgan fingerprint density at radius 3 is 2.67 bits per heavy atom. The summed E-state index contributed by atoms with van der Waals surface area (Å²) in [5.41, 5.74) is -0.541. The van der Waals surface area contributed by atoms with E-state index in [-0.39, 0.29) is 6.61 Å². The van der Waals surface area contributed by atoms with Crippen molar-refractivity contribution in [3.05, 3.63) is 35.6 Å². The second-order valence-electron chi connectivity index (χ2n) is 5.24. The van der Waals surface area contributed by atoms with E-state index in [0.717, 1.165) is 4.90 Å². The predicted octanol–water partition coefficient (Wildman–Crippen LogP) is 1.20. The summed E-state index contributed by atoms with van der Waals surface area (Å²) in [5, 5.41) is 2.46. The lowest BCUT2D eigenvalue weighted by Crippen LogP contribution is -2.41. The summed E-state index contributed by atoms with van der Waals surface area (Å²) in [6.45, 7) is 2.50. The van der Waals surface area contributed by atoms with Gasteiger partial charge in [-0.25, -0.2) is 9.18 Å². The highest BCUT2D eigenvalue weighted by Gasteiger charge is 2.45. The number of carbonyl (C=O) groups excluding carboxylic acids is 3. The molecule has 0 spiro atoms. The minimum absolute atomic E-state index is 0.121. The molecule has 112 valence electrons. The molecule has 1 heterocycles. The average Bonchev–Trinajstić information content (AvgIpc) is 2.59. The summed E-state index contributed by atoms with van der Waals surface area (Å²) in [7, 11) is 0. The van der Waals surface area contributed by atoms with Gasteiger partial charge in [-0.15, -0.1) is 0 Å². The van der Waals surface area contributed by atoms with Gasteiger partial charge in [0.15, 0.2) is 0 Å². The van der Waals surface area contributed by atoms with E-state index in [1.165, 1.54) is 18.2 Å².